The summed E-state index contributed by atoms with van der Waals surface area (Å²) < 4.78 is 16.0. The van der Waals surface area contributed by atoms with Gasteiger partial charge < -0.3 is 0 Å². The van der Waals surface area contributed by atoms with Gasteiger partial charge in [0.1, 0.15) is 8.27 Å². The van der Waals surface area contributed by atoms with Crippen LogP contribution in [0.1, 0.15) is 0 Å². The maximum Gasteiger partial charge on any atom is 0.390 e. The molecule has 0 saturated heterocycles. The van der Waals surface area contributed by atoms with Crippen molar-refractivity contribution in [2.75, 3.05) is 6.66 Å². The molecule has 0 aromatic heterocycles. The van der Waals surface area contributed by atoms with Crippen LogP contribution in [0, 0.1) is 0 Å². The number of rotatable bonds is 1. The van der Waals surface area contributed by atoms with Gasteiger partial charge in [0.05, 0.1) is 0 Å². The van der Waals surface area contributed by atoms with E-state index in [0.717, 1.165) is 0 Å². The second kappa shape index (κ2) is 3.53. The average Bonchev–Trinajstić information content (AvgIpc) is 1.38. The fraction of sp³-hybridized carbons (Fsp3) is 1.00. The molecule has 2 atom stereocenters. The van der Waals surface area contributed by atoms with Gasteiger partial charge in [-0.15, -0.1) is 0 Å². The van der Waals surface area contributed by atoms with Crippen LogP contribution in [0.5, 0.6) is 0 Å². The van der Waals surface area contributed by atoms with Crippen molar-refractivity contribution in [1.29, 1.82) is 1.28 Å². The predicted molar refractivity (Wildman–Crippen MR) is 23.2 cm³/mol. The highest BCUT2D eigenvalue weighted by molar-refractivity contribution is 8.05. The maximum absolute atomic E-state index is 9.64. The van der Waals surface area contributed by atoms with Crippen LogP contribution in [-0.4, -0.2) is 7.94 Å². The van der Waals surface area contributed by atoms with Crippen LogP contribution < -0.4 is 0 Å². The summed E-state index contributed by atoms with van der Waals surface area (Å²) in [7, 11) is -1.28. The molecule has 24 valence electrons. The van der Waals surface area contributed by atoms with Crippen molar-refractivity contribution in [2.24, 2.45) is 0 Å². The molecule has 0 spiro atoms. The monoisotopic (exact) mass is 96.0 g/mol. The fourth-order valence-corrected chi connectivity index (χ4v) is 0. The van der Waals surface area contributed by atoms with Gasteiger partial charge in [-0.3, -0.25) is 0 Å². The van der Waals surface area contributed by atoms with Crippen molar-refractivity contribution >= 4 is 16.4 Å². The topological polar surface area (TPSA) is 17.1 Å². The smallest absolute Gasteiger partial charge is 0.0752 e. The minimum absolute atomic E-state index is 0.290. The van der Waals surface area contributed by atoms with Crippen molar-refractivity contribution < 1.29 is 4.57 Å². The molecule has 2 unspecified atom stereocenters. The Balaban J connectivity index is 2.85. The minimum atomic E-state index is -1.57. The summed E-state index contributed by atoms with van der Waals surface area (Å²) in [6.07, 6.45) is 0. The van der Waals surface area contributed by atoms with Gasteiger partial charge in [0, 0.05) is 0 Å². The summed E-state index contributed by atoms with van der Waals surface area (Å²) in [6, 6.07) is 0. The third-order valence-corrected chi connectivity index (χ3v) is 0.822. The summed E-state index contributed by atoms with van der Waals surface area (Å²) in [5.74, 6) is 0. The summed E-state index contributed by atoms with van der Waals surface area (Å²) in [6.45, 7) is 1.76. The summed E-state index contributed by atoms with van der Waals surface area (Å²) in [5, 5.41) is 0. The molecule has 1 nitrogen and oxygen atoms in total. The van der Waals surface area contributed by atoms with E-state index in [0.29, 0.717) is 8.27 Å². The van der Waals surface area contributed by atoms with Crippen LogP contribution in [-0.2, 0) is 4.57 Å². The van der Waals surface area contributed by atoms with Gasteiger partial charge in [0.25, 0.3) is 0 Å². The molecule has 0 radical (unpaired) electrons. The number of hydrogen-bond donors (Lipinski definition) is 0. The fourth-order valence-electron chi connectivity index (χ4n) is 0. The Morgan fingerprint density at radius 2 is 2.75 bits per heavy atom. The molecule has 0 aliphatic rings. The lowest BCUT2D eigenvalue weighted by Gasteiger charge is -1.36. The van der Waals surface area contributed by atoms with E-state index in [2.05, 4.69) is 0 Å². The Hall–Kier alpha value is 0.530. The van der Waals surface area contributed by atoms with Crippen molar-refractivity contribution in [1.82, 2.24) is 0 Å². The Morgan fingerprint density at radius 3 is 2.75 bits per heavy atom. The summed E-state index contributed by atoms with van der Waals surface area (Å²) in [4.78, 5) is 0. The Bertz CT molecular complexity index is 44.9. The van der Waals surface area contributed by atoms with Crippen LogP contribution in [0.25, 0.3) is 0 Å². The van der Waals surface area contributed by atoms with E-state index >= 15 is 0 Å². The molecule has 0 amide bonds. The third kappa shape index (κ3) is 2.53. The SMILES string of the molecule is [2H][P+](=O)PC. The van der Waals surface area contributed by atoms with Crippen LogP contribution in [0.2, 0.25) is 0 Å². The lowest BCUT2D eigenvalue weighted by atomic mass is 12.0. The van der Waals surface area contributed by atoms with Gasteiger partial charge in [-0.25, -0.2) is 0 Å². The van der Waals surface area contributed by atoms with E-state index in [-0.39, 0.29) is 0 Å². The molecular weight excluding hydrogens is 90.0 g/mol. The normalized spacial score (nSPS) is 17.2. The minimum Gasteiger partial charge on any atom is -0.0752 e. The first-order valence-electron chi connectivity index (χ1n) is 1.35. The molecule has 0 N–H and O–H groups in total. The molecule has 0 fully saturated rings. The highest BCUT2D eigenvalue weighted by atomic mass is 32.0. The molecule has 0 heterocycles. The van der Waals surface area contributed by atoms with Crippen LogP contribution in [0.4, 0.5) is 0 Å². The Labute approximate surface area is 30.0 Å². The second-order valence-corrected chi connectivity index (χ2v) is 2.83. The number of hydrogen-bond acceptors (Lipinski definition) is 1. The second-order valence-electron chi connectivity index (χ2n) is 0.315. The molecular formula is CH5OP2+. The highest BCUT2D eigenvalue weighted by Gasteiger charge is 1.68. The predicted octanol–water partition coefficient (Wildman–Crippen LogP) is 1.23. The summed E-state index contributed by atoms with van der Waals surface area (Å²) in [5.41, 5.74) is 0. The largest absolute Gasteiger partial charge is 0.390 e. The van der Waals surface area contributed by atoms with E-state index in [9.17, 15) is 4.57 Å². The van der Waals surface area contributed by atoms with Gasteiger partial charge >= 0.3 is 9.37 Å². The Morgan fingerprint density at radius 1 is 2.50 bits per heavy atom. The van der Waals surface area contributed by atoms with Crippen LogP contribution in [0.3, 0.4) is 0 Å². The lowest BCUT2D eigenvalue weighted by molar-refractivity contribution is 0.605. The first-order chi connectivity index (χ1) is 2.27. The lowest BCUT2D eigenvalue weighted by Crippen LogP contribution is -1.05. The molecule has 4 heavy (non-hydrogen) atoms. The van der Waals surface area contributed by atoms with Crippen molar-refractivity contribution in [3.8, 4) is 0 Å². The van der Waals surface area contributed by atoms with E-state index in [1.165, 1.54) is 0 Å². The zero-order valence-corrected chi connectivity index (χ0v) is 4.25. The zero-order chi connectivity index (χ0) is 4.28. The first kappa shape index (κ1) is 2.75. The molecule has 0 saturated carbocycles. The molecule has 3 heteroatoms. The van der Waals surface area contributed by atoms with Gasteiger partial charge in [-0.1, -0.05) is 4.57 Å². The van der Waals surface area contributed by atoms with E-state index < -0.39 is 8.09 Å². The zero-order valence-electron chi connectivity index (χ0n) is 3.36. The van der Waals surface area contributed by atoms with Gasteiger partial charge in [-0.2, -0.15) is 0 Å². The van der Waals surface area contributed by atoms with E-state index in [4.69, 9.17) is 1.28 Å². The average molecular weight is 96.0 g/mol. The Kier molecular flexibility index (Phi) is 2.43. The van der Waals surface area contributed by atoms with Crippen LogP contribution >= 0.6 is 16.4 Å². The van der Waals surface area contributed by atoms with Gasteiger partial charge in [0.2, 0.25) is 0 Å². The molecule has 0 aromatic rings. The highest BCUT2D eigenvalue weighted by Crippen LogP contribution is 2.18. The van der Waals surface area contributed by atoms with Crippen molar-refractivity contribution in [3.05, 3.63) is 0 Å². The summed E-state index contributed by atoms with van der Waals surface area (Å²) >= 11 is 0. The first-order valence-corrected chi connectivity index (χ1v) is 4.06. The third-order valence-electron chi connectivity index (χ3n) is 0.0913. The molecule has 0 rings (SSSR count). The molecule has 0 aliphatic carbocycles. The van der Waals surface area contributed by atoms with Gasteiger partial charge in [0.15, 0.2) is 0 Å². The van der Waals surface area contributed by atoms with Crippen molar-refractivity contribution in [2.45, 2.75) is 0 Å². The van der Waals surface area contributed by atoms with E-state index in [1.54, 1.807) is 6.66 Å². The maximum atomic E-state index is 9.64. The quantitative estimate of drug-likeness (QED) is 0.448. The molecule has 0 aliphatic heterocycles. The van der Waals surface area contributed by atoms with Gasteiger partial charge in [-0.05, 0) is 6.66 Å². The van der Waals surface area contributed by atoms with E-state index in [1.807, 2.05) is 0 Å². The standard InChI is InChI=1S/CH4OP2/c1-3-4-2/h3H,1H3/p+1/i/hD. The van der Waals surface area contributed by atoms with Crippen LogP contribution in [0.15, 0.2) is 0 Å². The molecule has 0 bridgehead atoms. The van der Waals surface area contributed by atoms with Crippen molar-refractivity contribution in [3.63, 3.8) is 0 Å². The molecule has 0 aromatic carbocycles.